The molecule has 4 aromatic rings. The Hall–Kier alpha value is -2.85. The smallest absolute Gasteiger partial charge is 0.251 e. The van der Waals surface area contributed by atoms with Crippen LogP contribution < -0.4 is 0 Å². The molecule has 0 atom stereocenters. The summed E-state index contributed by atoms with van der Waals surface area (Å²) in [5, 5.41) is 8.96. The molecule has 2 aromatic heterocycles. The molecule has 0 aliphatic carbocycles. The van der Waals surface area contributed by atoms with E-state index in [0.29, 0.717) is 16.8 Å². The average molecular weight is 337 g/mol. The molecule has 5 heteroatoms. The highest BCUT2D eigenvalue weighted by atomic mass is 35.5. The zero-order chi connectivity index (χ0) is 16.5. The van der Waals surface area contributed by atoms with Gasteiger partial charge in [0, 0.05) is 16.1 Å². The van der Waals surface area contributed by atoms with Crippen molar-refractivity contribution in [2.24, 2.45) is 0 Å². The van der Waals surface area contributed by atoms with E-state index in [4.69, 9.17) is 20.4 Å². The number of furan rings is 1. The van der Waals surface area contributed by atoms with Crippen LogP contribution in [0.15, 0.2) is 69.5 Å². The number of aromatic nitrogens is 2. The van der Waals surface area contributed by atoms with Gasteiger partial charge in [-0.15, -0.1) is 10.2 Å². The van der Waals surface area contributed by atoms with E-state index in [1.54, 1.807) is 0 Å². The fraction of sp³-hybridized carbons (Fsp3) is 0.0526. The minimum atomic E-state index is 0.440. The molecule has 0 radical (unpaired) electrons. The molecule has 0 bridgehead atoms. The van der Waals surface area contributed by atoms with Crippen molar-refractivity contribution in [3.05, 3.63) is 71.4 Å². The second kappa shape index (κ2) is 5.98. The third-order valence-electron chi connectivity index (χ3n) is 3.72. The first-order chi connectivity index (χ1) is 11.7. The molecule has 0 saturated heterocycles. The van der Waals surface area contributed by atoms with Gasteiger partial charge < -0.3 is 8.83 Å². The fourth-order valence-electron chi connectivity index (χ4n) is 2.48. The molecule has 0 saturated carbocycles. The molecule has 0 aliphatic rings. The standard InChI is InChI=1S/C19H13ClN2O2/c1-12-16(11-17(23-12)13-7-9-15(20)10-8-13)19-22-21-18(24-19)14-5-3-2-4-6-14/h2-11H,1H3. The Morgan fingerprint density at radius 1 is 0.792 bits per heavy atom. The van der Waals surface area contributed by atoms with E-state index in [-0.39, 0.29) is 0 Å². The van der Waals surface area contributed by atoms with E-state index in [2.05, 4.69) is 10.2 Å². The van der Waals surface area contributed by atoms with E-state index in [1.165, 1.54) is 0 Å². The Kier molecular flexibility index (Phi) is 3.67. The van der Waals surface area contributed by atoms with Crippen LogP contribution in [0.4, 0.5) is 0 Å². The molecule has 2 heterocycles. The molecule has 0 fully saturated rings. The van der Waals surface area contributed by atoms with Crippen LogP contribution in [0, 0.1) is 6.92 Å². The number of rotatable bonds is 3. The molecular formula is C19H13ClN2O2. The minimum Gasteiger partial charge on any atom is -0.461 e. The van der Waals surface area contributed by atoms with Gasteiger partial charge in [-0.05, 0) is 49.4 Å². The van der Waals surface area contributed by atoms with Crippen molar-refractivity contribution in [2.45, 2.75) is 6.92 Å². The normalized spacial score (nSPS) is 10.9. The van der Waals surface area contributed by atoms with Crippen LogP contribution >= 0.6 is 11.6 Å². The first-order valence-corrected chi connectivity index (χ1v) is 7.84. The number of hydrogen-bond donors (Lipinski definition) is 0. The Bertz CT molecular complexity index is 972. The van der Waals surface area contributed by atoms with Crippen molar-refractivity contribution in [3.8, 4) is 34.2 Å². The maximum atomic E-state index is 5.93. The highest BCUT2D eigenvalue weighted by Gasteiger charge is 2.17. The number of aryl methyl sites for hydroxylation is 1. The summed E-state index contributed by atoms with van der Waals surface area (Å²) in [6.07, 6.45) is 0. The molecule has 118 valence electrons. The number of hydrogen-bond acceptors (Lipinski definition) is 4. The molecule has 0 unspecified atom stereocenters. The van der Waals surface area contributed by atoms with Crippen molar-refractivity contribution in [1.82, 2.24) is 10.2 Å². The highest BCUT2D eigenvalue weighted by Crippen LogP contribution is 2.33. The van der Waals surface area contributed by atoms with Crippen molar-refractivity contribution in [1.29, 1.82) is 0 Å². The number of nitrogens with zero attached hydrogens (tertiary/aromatic N) is 2. The zero-order valence-corrected chi connectivity index (χ0v) is 13.6. The summed E-state index contributed by atoms with van der Waals surface area (Å²) in [5.41, 5.74) is 2.61. The molecule has 4 nitrogen and oxygen atoms in total. The Morgan fingerprint density at radius 2 is 1.50 bits per heavy atom. The van der Waals surface area contributed by atoms with Crippen LogP contribution in [0.1, 0.15) is 5.76 Å². The summed E-state index contributed by atoms with van der Waals surface area (Å²) in [7, 11) is 0. The van der Waals surface area contributed by atoms with Crippen molar-refractivity contribution in [3.63, 3.8) is 0 Å². The van der Waals surface area contributed by atoms with Gasteiger partial charge in [-0.1, -0.05) is 29.8 Å². The minimum absolute atomic E-state index is 0.440. The summed E-state index contributed by atoms with van der Waals surface area (Å²) >= 11 is 5.93. The topological polar surface area (TPSA) is 52.1 Å². The number of benzene rings is 2. The van der Waals surface area contributed by atoms with Crippen molar-refractivity contribution >= 4 is 11.6 Å². The van der Waals surface area contributed by atoms with Gasteiger partial charge >= 0.3 is 0 Å². The van der Waals surface area contributed by atoms with E-state index in [1.807, 2.05) is 67.6 Å². The zero-order valence-electron chi connectivity index (χ0n) is 12.9. The van der Waals surface area contributed by atoms with Gasteiger partial charge in [0.25, 0.3) is 5.89 Å². The summed E-state index contributed by atoms with van der Waals surface area (Å²) in [5.74, 6) is 2.39. The summed E-state index contributed by atoms with van der Waals surface area (Å²) in [6, 6.07) is 19.0. The van der Waals surface area contributed by atoms with Crippen LogP contribution in [0.5, 0.6) is 0 Å². The lowest BCUT2D eigenvalue weighted by atomic mass is 10.1. The summed E-state index contributed by atoms with van der Waals surface area (Å²) in [6.45, 7) is 1.88. The quantitative estimate of drug-likeness (QED) is 0.487. The van der Waals surface area contributed by atoms with Crippen LogP contribution in [0.2, 0.25) is 5.02 Å². The van der Waals surface area contributed by atoms with Gasteiger partial charge in [0.15, 0.2) is 0 Å². The van der Waals surface area contributed by atoms with E-state index < -0.39 is 0 Å². The third-order valence-corrected chi connectivity index (χ3v) is 3.97. The lowest BCUT2D eigenvalue weighted by Gasteiger charge is -1.95. The first kappa shape index (κ1) is 14.7. The van der Waals surface area contributed by atoms with E-state index >= 15 is 0 Å². The summed E-state index contributed by atoms with van der Waals surface area (Å²) in [4.78, 5) is 0. The average Bonchev–Trinajstić information content (AvgIpc) is 3.23. The maximum absolute atomic E-state index is 5.93. The SMILES string of the molecule is Cc1oc(-c2ccc(Cl)cc2)cc1-c1nnc(-c2ccccc2)o1. The van der Waals surface area contributed by atoms with Gasteiger partial charge in [0.2, 0.25) is 5.89 Å². The molecule has 0 spiro atoms. The molecule has 2 aromatic carbocycles. The fourth-order valence-corrected chi connectivity index (χ4v) is 2.61. The van der Waals surface area contributed by atoms with E-state index in [9.17, 15) is 0 Å². The first-order valence-electron chi connectivity index (χ1n) is 7.46. The van der Waals surface area contributed by atoms with Crippen molar-refractivity contribution in [2.75, 3.05) is 0 Å². The van der Waals surface area contributed by atoms with E-state index in [0.717, 1.165) is 28.2 Å². The highest BCUT2D eigenvalue weighted by molar-refractivity contribution is 6.30. The third kappa shape index (κ3) is 2.72. The predicted octanol–water partition coefficient (Wildman–Crippen LogP) is 5.63. The van der Waals surface area contributed by atoms with Crippen molar-refractivity contribution < 1.29 is 8.83 Å². The number of halogens is 1. The second-order valence-corrected chi connectivity index (χ2v) is 5.80. The molecule has 24 heavy (non-hydrogen) atoms. The Morgan fingerprint density at radius 3 is 2.25 bits per heavy atom. The van der Waals surface area contributed by atoms with Crippen LogP contribution in [0.25, 0.3) is 34.2 Å². The monoisotopic (exact) mass is 336 g/mol. The second-order valence-electron chi connectivity index (χ2n) is 5.37. The lowest BCUT2D eigenvalue weighted by Crippen LogP contribution is -1.76. The van der Waals surface area contributed by atoms with Gasteiger partial charge in [-0.3, -0.25) is 0 Å². The largest absolute Gasteiger partial charge is 0.461 e. The van der Waals surface area contributed by atoms with Gasteiger partial charge in [-0.25, -0.2) is 0 Å². The Labute approximate surface area is 143 Å². The van der Waals surface area contributed by atoms with Crippen LogP contribution in [0.3, 0.4) is 0 Å². The maximum Gasteiger partial charge on any atom is 0.251 e. The van der Waals surface area contributed by atoms with Gasteiger partial charge in [0.05, 0.1) is 5.56 Å². The van der Waals surface area contributed by atoms with Gasteiger partial charge in [-0.2, -0.15) is 0 Å². The molecule has 4 rings (SSSR count). The molecule has 0 amide bonds. The molecule has 0 aliphatic heterocycles. The molecule has 0 N–H and O–H groups in total. The predicted molar refractivity (Wildman–Crippen MR) is 92.6 cm³/mol. The Balaban J connectivity index is 1.70. The van der Waals surface area contributed by atoms with Crippen LogP contribution in [-0.2, 0) is 0 Å². The summed E-state index contributed by atoms with van der Waals surface area (Å²) < 4.78 is 11.6. The lowest BCUT2D eigenvalue weighted by molar-refractivity contribution is 0.543. The van der Waals surface area contributed by atoms with Crippen LogP contribution in [-0.4, -0.2) is 10.2 Å². The van der Waals surface area contributed by atoms with Gasteiger partial charge in [0.1, 0.15) is 11.5 Å². The molecular weight excluding hydrogens is 324 g/mol.